The van der Waals surface area contributed by atoms with Crippen LogP contribution in [0.5, 0.6) is 0 Å². The van der Waals surface area contributed by atoms with E-state index in [1.165, 1.54) is 0 Å². The van der Waals surface area contributed by atoms with Gasteiger partial charge in [-0.05, 0) is 13.8 Å². The fraction of sp³-hybridized carbons (Fsp3) is 0.875. The van der Waals surface area contributed by atoms with Crippen LogP contribution < -0.4 is 0 Å². The van der Waals surface area contributed by atoms with Crippen LogP contribution >= 0.6 is 0 Å². The van der Waals surface area contributed by atoms with Crippen molar-refractivity contribution < 1.29 is 23.4 Å². The Balaban J connectivity index is 2.11. The summed E-state index contributed by atoms with van der Waals surface area (Å²) in [5.41, 5.74) is 0. The summed E-state index contributed by atoms with van der Waals surface area (Å²) in [4.78, 5) is 10.3. The van der Waals surface area contributed by atoms with Crippen LogP contribution in [-0.4, -0.2) is 36.7 Å². The third-order valence-electron chi connectivity index (χ3n) is 2.14. The van der Waals surface area contributed by atoms with Crippen LogP contribution in [0.2, 0.25) is 0 Å². The second-order valence-corrected chi connectivity index (χ2v) is 3.65. The third-order valence-corrected chi connectivity index (χ3v) is 2.14. The number of ether oxygens (including phenoxy) is 3. The highest BCUT2D eigenvalue weighted by molar-refractivity contribution is 5.58. The summed E-state index contributed by atoms with van der Waals surface area (Å²) < 4.78 is 28.8. The van der Waals surface area contributed by atoms with E-state index in [2.05, 4.69) is 0 Å². The Morgan fingerprint density at radius 3 is 2.62 bits per heavy atom. The number of fused-ring (bicyclic) bond motifs is 1. The first-order valence-electron chi connectivity index (χ1n) is 4.14. The molecular formula is C8H11FO4. The highest BCUT2D eigenvalue weighted by atomic mass is 19.1. The number of halogens is 1. The zero-order valence-corrected chi connectivity index (χ0v) is 7.40. The molecule has 2 fully saturated rings. The number of hydrogen-bond donors (Lipinski definition) is 0. The van der Waals surface area contributed by atoms with E-state index in [9.17, 15) is 9.18 Å². The predicted octanol–water partition coefficient (Wildman–Crippen LogP) is 0.400. The molecule has 0 aromatic carbocycles. The van der Waals surface area contributed by atoms with Crippen LogP contribution in [0.15, 0.2) is 0 Å². The molecule has 2 saturated heterocycles. The number of rotatable bonds is 1. The highest BCUT2D eigenvalue weighted by Gasteiger charge is 2.55. The van der Waals surface area contributed by atoms with E-state index >= 15 is 0 Å². The molecule has 0 N–H and O–H groups in total. The first kappa shape index (κ1) is 9.05. The molecule has 2 aliphatic rings. The number of hydrogen-bond acceptors (Lipinski definition) is 4. The summed E-state index contributed by atoms with van der Waals surface area (Å²) in [5.74, 6) is -0.826. The molecule has 0 saturated carbocycles. The van der Waals surface area contributed by atoms with Crippen molar-refractivity contribution in [2.45, 2.75) is 44.3 Å². The molecular weight excluding hydrogens is 179 g/mol. The van der Waals surface area contributed by atoms with E-state index in [0.29, 0.717) is 6.29 Å². The third kappa shape index (κ3) is 1.37. The molecule has 74 valence electrons. The van der Waals surface area contributed by atoms with Crippen molar-refractivity contribution in [3.8, 4) is 0 Å². The van der Waals surface area contributed by atoms with Gasteiger partial charge >= 0.3 is 0 Å². The molecule has 0 bridgehead atoms. The minimum absolute atomic E-state index is 0.433. The first-order valence-corrected chi connectivity index (χ1v) is 4.14. The zero-order chi connectivity index (χ0) is 9.64. The fourth-order valence-corrected chi connectivity index (χ4v) is 1.60. The van der Waals surface area contributed by atoms with Gasteiger partial charge in [0.15, 0.2) is 24.5 Å². The van der Waals surface area contributed by atoms with Crippen molar-refractivity contribution in [3.63, 3.8) is 0 Å². The maximum absolute atomic E-state index is 13.3. The summed E-state index contributed by atoms with van der Waals surface area (Å²) in [6, 6.07) is 0. The quantitative estimate of drug-likeness (QED) is 0.561. The van der Waals surface area contributed by atoms with Crippen LogP contribution in [0.3, 0.4) is 0 Å². The molecule has 0 spiro atoms. The van der Waals surface area contributed by atoms with E-state index < -0.39 is 30.5 Å². The minimum Gasteiger partial charge on any atom is -0.339 e. The Morgan fingerprint density at radius 1 is 1.38 bits per heavy atom. The summed E-state index contributed by atoms with van der Waals surface area (Å²) in [5, 5.41) is 0. The van der Waals surface area contributed by atoms with Crippen molar-refractivity contribution >= 4 is 6.29 Å². The van der Waals surface area contributed by atoms with Gasteiger partial charge in [0.05, 0.1) is 0 Å². The van der Waals surface area contributed by atoms with Gasteiger partial charge in [0.1, 0.15) is 12.2 Å². The molecule has 4 unspecified atom stereocenters. The molecule has 0 aliphatic carbocycles. The van der Waals surface area contributed by atoms with Crippen LogP contribution in [0.4, 0.5) is 4.39 Å². The molecule has 13 heavy (non-hydrogen) atoms. The van der Waals surface area contributed by atoms with Gasteiger partial charge in [0.2, 0.25) is 0 Å². The number of carbonyl (C=O) groups excluding carboxylic acids is 1. The van der Waals surface area contributed by atoms with Gasteiger partial charge < -0.3 is 19.0 Å². The fourth-order valence-electron chi connectivity index (χ4n) is 1.60. The van der Waals surface area contributed by atoms with Gasteiger partial charge in [-0.1, -0.05) is 0 Å². The maximum Gasteiger partial charge on any atom is 0.191 e. The summed E-state index contributed by atoms with van der Waals surface area (Å²) >= 11 is 0. The Bertz CT molecular complexity index is 230. The van der Waals surface area contributed by atoms with Crippen LogP contribution in [-0.2, 0) is 19.0 Å². The van der Waals surface area contributed by atoms with E-state index in [0.717, 1.165) is 0 Å². The van der Waals surface area contributed by atoms with Gasteiger partial charge in [-0.15, -0.1) is 0 Å². The number of alkyl halides is 1. The predicted molar refractivity (Wildman–Crippen MR) is 39.7 cm³/mol. The average molecular weight is 190 g/mol. The van der Waals surface area contributed by atoms with E-state index in [1.807, 2.05) is 0 Å². The standard InChI is InChI=1S/C8H11FO4/c1-8(2)12-6-5(9)4(3-10)11-7(6)13-8/h3-7H,1-2H3. The largest absolute Gasteiger partial charge is 0.339 e. The Kier molecular flexibility index (Phi) is 1.90. The highest BCUT2D eigenvalue weighted by Crippen LogP contribution is 2.37. The van der Waals surface area contributed by atoms with Crippen LogP contribution in [0, 0.1) is 0 Å². The van der Waals surface area contributed by atoms with Crippen molar-refractivity contribution in [2.75, 3.05) is 0 Å². The molecule has 0 aromatic heterocycles. The van der Waals surface area contributed by atoms with E-state index in [1.54, 1.807) is 13.8 Å². The molecule has 4 nitrogen and oxygen atoms in total. The molecule has 0 amide bonds. The van der Waals surface area contributed by atoms with Crippen LogP contribution in [0.25, 0.3) is 0 Å². The molecule has 0 radical (unpaired) electrons. The van der Waals surface area contributed by atoms with Crippen LogP contribution in [0.1, 0.15) is 13.8 Å². The Hall–Kier alpha value is -0.520. The average Bonchev–Trinajstić information content (AvgIpc) is 2.47. The zero-order valence-electron chi connectivity index (χ0n) is 7.40. The topological polar surface area (TPSA) is 44.8 Å². The van der Waals surface area contributed by atoms with Crippen molar-refractivity contribution in [1.29, 1.82) is 0 Å². The summed E-state index contributed by atoms with van der Waals surface area (Å²) in [6.45, 7) is 3.36. The lowest BCUT2D eigenvalue weighted by molar-refractivity contribution is -0.208. The lowest BCUT2D eigenvalue weighted by Gasteiger charge is -2.19. The molecule has 2 rings (SSSR count). The van der Waals surface area contributed by atoms with Gasteiger partial charge in [-0.2, -0.15) is 0 Å². The molecule has 2 heterocycles. The smallest absolute Gasteiger partial charge is 0.191 e. The summed E-state index contributed by atoms with van der Waals surface area (Å²) in [6.07, 6.45) is -3.57. The Labute approximate surface area is 74.9 Å². The van der Waals surface area contributed by atoms with Gasteiger partial charge in [-0.3, -0.25) is 0 Å². The monoisotopic (exact) mass is 190 g/mol. The number of aldehydes is 1. The minimum atomic E-state index is -1.43. The van der Waals surface area contributed by atoms with E-state index in [-0.39, 0.29) is 0 Å². The van der Waals surface area contributed by atoms with Crippen molar-refractivity contribution in [3.05, 3.63) is 0 Å². The van der Waals surface area contributed by atoms with Gasteiger partial charge in [0.25, 0.3) is 0 Å². The number of carbonyl (C=O) groups is 1. The SMILES string of the molecule is CC1(C)OC2OC(C=O)C(F)C2O1. The molecule has 4 atom stereocenters. The second kappa shape index (κ2) is 2.73. The lowest BCUT2D eigenvalue weighted by atomic mass is 10.2. The second-order valence-electron chi connectivity index (χ2n) is 3.65. The Morgan fingerprint density at radius 2 is 2.08 bits per heavy atom. The summed E-state index contributed by atoms with van der Waals surface area (Å²) in [7, 11) is 0. The van der Waals surface area contributed by atoms with Crippen molar-refractivity contribution in [2.24, 2.45) is 0 Å². The normalized spacial score (nSPS) is 47.6. The van der Waals surface area contributed by atoms with Gasteiger partial charge in [-0.25, -0.2) is 4.39 Å². The lowest BCUT2D eigenvalue weighted by Crippen LogP contribution is -2.32. The maximum atomic E-state index is 13.3. The molecule has 0 aromatic rings. The van der Waals surface area contributed by atoms with Crippen molar-refractivity contribution in [1.82, 2.24) is 0 Å². The van der Waals surface area contributed by atoms with E-state index in [4.69, 9.17) is 14.2 Å². The first-order chi connectivity index (χ1) is 6.03. The molecule has 2 aliphatic heterocycles. The van der Waals surface area contributed by atoms with Gasteiger partial charge in [0, 0.05) is 0 Å². The molecule has 5 heteroatoms.